The molecule has 0 saturated carbocycles. The van der Waals surface area contributed by atoms with Crippen LogP contribution in [0.2, 0.25) is 0 Å². The Morgan fingerprint density at radius 1 is 1.09 bits per heavy atom. The van der Waals surface area contributed by atoms with Crippen LogP contribution in [0, 0.1) is 6.92 Å². The fourth-order valence-corrected chi connectivity index (χ4v) is 2.11. The second kappa shape index (κ2) is 7.50. The summed E-state index contributed by atoms with van der Waals surface area (Å²) in [5.74, 6) is 1.23. The Labute approximate surface area is 131 Å². The van der Waals surface area contributed by atoms with Crippen molar-refractivity contribution in [3.05, 3.63) is 59.7 Å². The van der Waals surface area contributed by atoms with Gasteiger partial charge in [-0.15, -0.1) is 0 Å². The van der Waals surface area contributed by atoms with Crippen LogP contribution < -0.4 is 14.8 Å². The van der Waals surface area contributed by atoms with Crippen LogP contribution in [0.4, 0.5) is 0 Å². The van der Waals surface area contributed by atoms with Crippen LogP contribution in [0.5, 0.6) is 11.5 Å². The molecule has 0 aliphatic heterocycles. The number of carbonyl (C=O) groups excluding carboxylic acids is 1. The Morgan fingerprint density at radius 2 is 1.73 bits per heavy atom. The van der Waals surface area contributed by atoms with Crippen molar-refractivity contribution in [1.82, 2.24) is 5.32 Å². The van der Waals surface area contributed by atoms with Gasteiger partial charge in [0.05, 0.1) is 18.7 Å². The van der Waals surface area contributed by atoms with Crippen LogP contribution in [-0.2, 0) is 0 Å². The SMILES string of the molecule is COc1ccccc1C(=O)N[C@H](C)COc1ccccc1C. The second-order valence-electron chi connectivity index (χ2n) is 5.15. The molecule has 1 N–H and O–H groups in total. The molecule has 1 atom stereocenters. The largest absolute Gasteiger partial charge is 0.496 e. The number of rotatable bonds is 6. The van der Waals surface area contributed by atoms with E-state index < -0.39 is 0 Å². The third-order valence-corrected chi connectivity index (χ3v) is 3.31. The summed E-state index contributed by atoms with van der Waals surface area (Å²) >= 11 is 0. The summed E-state index contributed by atoms with van der Waals surface area (Å²) in [6.45, 7) is 4.31. The Morgan fingerprint density at radius 3 is 2.41 bits per heavy atom. The van der Waals surface area contributed by atoms with Crippen LogP contribution in [0.1, 0.15) is 22.8 Å². The van der Waals surface area contributed by atoms with E-state index in [4.69, 9.17) is 9.47 Å². The normalized spacial score (nSPS) is 11.6. The van der Waals surface area contributed by atoms with E-state index in [1.165, 1.54) is 0 Å². The lowest BCUT2D eigenvalue weighted by Crippen LogP contribution is -2.37. The highest BCUT2D eigenvalue weighted by atomic mass is 16.5. The summed E-state index contributed by atoms with van der Waals surface area (Å²) in [6, 6.07) is 14.9. The molecule has 4 nitrogen and oxygen atoms in total. The lowest BCUT2D eigenvalue weighted by atomic mass is 10.1. The van der Waals surface area contributed by atoms with E-state index in [1.807, 2.05) is 50.2 Å². The van der Waals surface area contributed by atoms with E-state index in [-0.39, 0.29) is 11.9 Å². The summed E-state index contributed by atoms with van der Waals surface area (Å²) in [4.78, 5) is 12.3. The topological polar surface area (TPSA) is 47.6 Å². The van der Waals surface area contributed by atoms with Gasteiger partial charge in [-0.05, 0) is 37.6 Å². The number of para-hydroxylation sites is 2. The van der Waals surface area contributed by atoms with Gasteiger partial charge in [0.25, 0.3) is 5.91 Å². The predicted octanol–water partition coefficient (Wildman–Crippen LogP) is 3.20. The van der Waals surface area contributed by atoms with E-state index in [1.54, 1.807) is 19.2 Å². The third kappa shape index (κ3) is 4.01. The van der Waals surface area contributed by atoms with Gasteiger partial charge in [-0.2, -0.15) is 0 Å². The number of ether oxygens (including phenoxy) is 2. The number of methoxy groups -OCH3 is 1. The predicted molar refractivity (Wildman–Crippen MR) is 86.6 cm³/mol. The summed E-state index contributed by atoms with van der Waals surface area (Å²) in [7, 11) is 1.55. The third-order valence-electron chi connectivity index (χ3n) is 3.31. The number of amides is 1. The molecular weight excluding hydrogens is 278 g/mol. The average Bonchev–Trinajstić information content (AvgIpc) is 2.54. The van der Waals surface area contributed by atoms with Crippen molar-refractivity contribution in [2.75, 3.05) is 13.7 Å². The zero-order valence-corrected chi connectivity index (χ0v) is 13.1. The van der Waals surface area contributed by atoms with E-state index in [9.17, 15) is 4.79 Å². The van der Waals surface area contributed by atoms with Crippen molar-refractivity contribution in [3.63, 3.8) is 0 Å². The molecular formula is C18H21NO3. The first-order valence-electron chi connectivity index (χ1n) is 7.24. The van der Waals surface area contributed by atoms with Crippen molar-refractivity contribution in [2.45, 2.75) is 19.9 Å². The van der Waals surface area contributed by atoms with Crippen molar-refractivity contribution in [2.24, 2.45) is 0 Å². The number of aryl methyl sites for hydroxylation is 1. The fourth-order valence-electron chi connectivity index (χ4n) is 2.11. The average molecular weight is 299 g/mol. The molecule has 0 aliphatic rings. The number of nitrogens with one attached hydrogen (secondary N) is 1. The van der Waals surface area contributed by atoms with Gasteiger partial charge >= 0.3 is 0 Å². The number of hydrogen-bond acceptors (Lipinski definition) is 3. The minimum Gasteiger partial charge on any atom is -0.496 e. The van der Waals surface area contributed by atoms with Crippen LogP contribution in [0.15, 0.2) is 48.5 Å². The van der Waals surface area contributed by atoms with E-state index in [0.29, 0.717) is 17.9 Å². The molecule has 22 heavy (non-hydrogen) atoms. The molecule has 0 aromatic heterocycles. The molecule has 0 saturated heterocycles. The van der Waals surface area contributed by atoms with Crippen molar-refractivity contribution >= 4 is 5.91 Å². The maximum atomic E-state index is 12.3. The molecule has 2 rings (SSSR count). The molecule has 0 aliphatic carbocycles. The maximum Gasteiger partial charge on any atom is 0.255 e. The molecule has 0 bridgehead atoms. The van der Waals surface area contributed by atoms with Gasteiger partial charge in [-0.3, -0.25) is 4.79 Å². The Bertz CT molecular complexity index is 640. The molecule has 0 spiro atoms. The quantitative estimate of drug-likeness (QED) is 0.891. The summed E-state index contributed by atoms with van der Waals surface area (Å²) < 4.78 is 10.9. The molecule has 2 aromatic rings. The standard InChI is InChI=1S/C18H21NO3/c1-13-8-4-6-10-16(13)22-12-14(2)19-18(20)15-9-5-7-11-17(15)21-3/h4-11,14H,12H2,1-3H3,(H,19,20)/t14-/m1/s1. The first-order valence-corrected chi connectivity index (χ1v) is 7.24. The molecule has 0 heterocycles. The molecule has 2 aromatic carbocycles. The highest BCUT2D eigenvalue weighted by Gasteiger charge is 2.14. The molecule has 116 valence electrons. The van der Waals surface area contributed by atoms with E-state index in [2.05, 4.69) is 5.32 Å². The van der Waals surface area contributed by atoms with E-state index in [0.717, 1.165) is 11.3 Å². The number of benzene rings is 2. The highest BCUT2D eigenvalue weighted by molar-refractivity contribution is 5.97. The van der Waals surface area contributed by atoms with Crippen LogP contribution in [0.25, 0.3) is 0 Å². The van der Waals surface area contributed by atoms with Crippen molar-refractivity contribution in [1.29, 1.82) is 0 Å². The van der Waals surface area contributed by atoms with Crippen LogP contribution >= 0.6 is 0 Å². The highest BCUT2D eigenvalue weighted by Crippen LogP contribution is 2.18. The monoisotopic (exact) mass is 299 g/mol. The van der Waals surface area contributed by atoms with Gasteiger partial charge in [-0.1, -0.05) is 30.3 Å². The van der Waals surface area contributed by atoms with Crippen molar-refractivity contribution < 1.29 is 14.3 Å². The maximum absolute atomic E-state index is 12.3. The van der Waals surface area contributed by atoms with Gasteiger partial charge in [0.2, 0.25) is 0 Å². The zero-order chi connectivity index (χ0) is 15.9. The first-order chi connectivity index (χ1) is 10.6. The summed E-state index contributed by atoms with van der Waals surface area (Å²) in [6.07, 6.45) is 0. The van der Waals surface area contributed by atoms with Gasteiger partial charge in [-0.25, -0.2) is 0 Å². The Balaban J connectivity index is 1.93. The van der Waals surface area contributed by atoms with E-state index >= 15 is 0 Å². The second-order valence-corrected chi connectivity index (χ2v) is 5.15. The first kappa shape index (κ1) is 15.9. The molecule has 1 amide bonds. The van der Waals surface area contributed by atoms with Gasteiger partial charge in [0.1, 0.15) is 18.1 Å². The Kier molecular flexibility index (Phi) is 5.42. The smallest absolute Gasteiger partial charge is 0.255 e. The molecule has 0 fully saturated rings. The van der Waals surface area contributed by atoms with Gasteiger partial charge in [0, 0.05) is 0 Å². The summed E-state index contributed by atoms with van der Waals surface area (Å²) in [5, 5.41) is 2.92. The lowest BCUT2D eigenvalue weighted by molar-refractivity contribution is 0.0923. The molecule has 0 radical (unpaired) electrons. The fraction of sp³-hybridized carbons (Fsp3) is 0.278. The molecule has 0 unspecified atom stereocenters. The lowest BCUT2D eigenvalue weighted by Gasteiger charge is -2.17. The minimum absolute atomic E-state index is 0.114. The summed E-state index contributed by atoms with van der Waals surface area (Å²) in [5.41, 5.74) is 1.60. The van der Waals surface area contributed by atoms with Crippen molar-refractivity contribution in [3.8, 4) is 11.5 Å². The van der Waals surface area contributed by atoms with Gasteiger partial charge in [0.15, 0.2) is 0 Å². The van der Waals surface area contributed by atoms with Crippen LogP contribution in [-0.4, -0.2) is 25.7 Å². The minimum atomic E-state index is -0.168. The molecule has 4 heteroatoms. The zero-order valence-electron chi connectivity index (χ0n) is 13.1. The van der Waals surface area contributed by atoms with Gasteiger partial charge < -0.3 is 14.8 Å². The van der Waals surface area contributed by atoms with Crippen LogP contribution in [0.3, 0.4) is 0 Å². The Hall–Kier alpha value is -2.49. The number of carbonyl (C=O) groups is 1. The number of hydrogen-bond donors (Lipinski definition) is 1.